The van der Waals surface area contributed by atoms with Crippen LogP contribution in [0.2, 0.25) is 0 Å². The largest absolute Gasteiger partial charge is 0.496 e. The lowest BCUT2D eigenvalue weighted by molar-refractivity contribution is 0.0954. The van der Waals surface area contributed by atoms with Crippen LogP contribution in [0.3, 0.4) is 0 Å². The molecule has 0 saturated heterocycles. The minimum absolute atomic E-state index is 0.0832. The van der Waals surface area contributed by atoms with Gasteiger partial charge in [-0.05, 0) is 41.7 Å². The summed E-state index contributed by atoms with van der Waals surface area (Å²) in [6, 6.07) is 9.67. The number of nitrogens with one attached hydrogen (secondary N) is 1. The second-order valence-electron chi connectivity index (χ2n) is 5.47. The average molecular weight is 298 g/mol. The molecule has 1 heterocycles. The van der Waals surface area contributed by atoms with Gasteiger partial charge in [-0.25, -0.2) is 0 Å². The molecular formula is C18H22N2O2. The molecule has 1 aromatic carbocycles. The first-order valence-corrected chi connectivity index (χ1v) is 7.47. The molecule has 116 valence electrons. The predicted molar refractivity (Wildman–Crippen MR) is 87.4 cm³/mol. The number of carbonyl (C=O) groups excluding carboxylic acids is 1. The van der Waals surface area contributed by atoms with Crippen LogP contribution in [-0.4, -0.2) is 24.5 Å². The number of aromatic nitrogens is 1. The fourth-order valence-electron chi connectivity index (χ4n) is 2.24. The molecule has 0 unspecified atom stereocenters. The van der Waals surface area contributed by atoms with Crippen LogP contribution in [0.1, 0.15) is 41.3 Å². The molecule has 0 aliphatic rings. The fraction of sp³-hybridized carbons (Fsp3) is 0.333. The molecule has 0 spiro atoms. The number of hydrogen-bond donors (Lipinski definition) is 1. The normalized spacial score (nSPS) is 10.5. The van der Waals surface area contributed by atoms with Crippen LogP contribution in [0.4, 0.5) is 0 Å². The van der Waals surface area contributed by atoms with Crippen molar-refractivity contribution in [3.8, 4) is 5.75 Å². The van der Waals surface area contributed by atoms with Crippen molar-refractivity contribution >= 4 is 5.91 Å². The van der Waals surface area contributed by atoms with E-state index in [1.165, 1.54) is 5.56 Å². The van der Waals surface area contributed by atoms with Gasteiger partial charge in [-0.1, -0.05) is 26.0 Å². The second-order valence-corrected chi connectivity index (χ2v) is 5.47. The number of rotatable bonds is 6. The maximum absolute atomic E-state index is 12.0. The van der Waals surface area contributed by atoms with E-state index in [1.54, 1.807) is 31.6 Å². The van der Waals surface area contributed by atoms with Crippen LogP contribution >= 0.6 is 0 Å². The van der Waals surface area contributed by atoms with E-state index >= 15 is 0 Å². The highest BCUT2D eigenvalue weighted by Crippen LogP contribution is 2.24. The van der Waals surface area contributed by atoms with E-state index in [0.29, 0.717) is 18.0 Å². The quantitative estimate of drug-likeness (QED) is 0.891. The van der Waals surface area contributed by atoms with Gasteiger partial charge in [-0.15, -0.1) is 0 Å². The Morgan fingerprint density at radius 2 is 1.95 bits per heavy atom. The van der Waals surface area contributed by atoms with Crippen LogP contribution in [0.5, 0.6) is 5.75 Å². The van der Waals surface area contributed by atoms with Crippen LogP contribution in [0.25, 0.3) is 0 Å². The molecule has 0 bridgehead atoms. The average Bonchev–Trinajstić information content (AvgIpc) is 2.55. The van der Waals surface area contributed by atoms with E-state index in [2.05, 4.69) is 42.3 Å². The summed E-state index contributed by atoms with van der Waals surface area (Å²) in [5, 5.41) is 2.91. The van der Waals surface area contributed by atoms with Crippen molar-refractivity contribution in [1.82, 2.24) is 10.3 Å². The number of methoxy groups -OCH3 is 1. The van der Waals surface area contributed by atoms with E-state index in [9.17, 15) is 4.79 Å². The van der Waals surface area contributed by atoms with Crippen LogP contribution in [0, 0.1) is 0 Å². The molecule has 0 radical (unpaired) electrons. The highest BCUT2D eigenvalue weighted by Gasteiger charge is 2.08. The number of carbonyl (C=O) groups is 1. The summed E-state index contributed by atoms with van der Waals surface area (Å²) in [6.07, 6.45) is 3.96. The summed E-state index contributed by atoms with van der Waals surface area (Å²) in [5.41, 5.74) is 2.97. The van der Waals surface area contributed by atoms with E-state index in [4.69, 9.17) is 4.74 Å². The summed E-state index contributed by atoms with van der Waals surface area (Å²) in [5.74, 6) is 1.26. The SMILES string of the molecule is COc1cc(C(C)C)ccc1CCNC(=O)c1ccncc1. The number of nitrogens with zero attached hydrogens (tertiary/aromatic N) is 1. The zero-order chi connectivity index (χ0) is 15.9. The minimum Gasteiger partial charge on any atom is -0.496 e. The Hall–Kier alpha value is -2.36. The van der Waals surface area contributed by atoms with Crippen molar-refractivity contribution in [2.45, 2.75) is 26.2 Å². The van der Waals surface area contributed by atoms with E-state index < -0.39 is 0 Å². The highest BCUT2D eigenvalue weighted by molar-refractivity contribution is 5.93. The van der Waals surface area contributed by atoms with Crippen molar-refractivity contribution in [2.24, 2.45) is 0 Å². The van der Waals surface area contributed by atoms with Gasteiger partial charge in [-0.2, -0.15) is 0 Å². The Kier molecular flexibility index (Phi) is 5.53. The molecule has 0 atom stereocenters. The predicted octanol–water partition coefficient (Wildman–Crippen LogP) is 3.19. The molecule has 4 heteroatoms. The van der Waals surface area contributed by atoms with Crippen LogP contribution < -0.4 is 10.1 Å². The highest BCUT2D eigenvalue weighted by atomic mass is 16.5. The summed E-state index contributed by atoms with van der Waals surface area (Å²) < 4.78 is 5.46. The maximum atomic E-state index is 12.0. The van der Waals surface area contributed by atoms with Gasteiger partial charge < -0.3 is 10.1 Å². The van der Waals surface area contributed by atoms with Gasteiger partial charge in [0.15, 0.2) is 0 Å². The monoisotopic (exact) mass is 298 g/mol. The van der Waals surface area contributed by atoms with Gasteiger partial charge in [0, 0.05) is 24.5 Å². The first-order valence-electron chi connectivity index (χ1n) is 7.47. The summed E-state index contributed by atoms with van der Waals surface area (Å²) >= 11 is 0. The molecule has 0 saturated carbocycles. The Labute approximate surface area is 131 Å². The van der Waals surface area contributed by atoms with Gasteiger partial charge in [-0.3, -0.25) is 9.78 Å². The van der Waals surface area contributed by atoms with Crippen LogP contribution in [0.15, 0.2) is 42.7 Å². The molecule has 0 aliphatic heterocycles. The Bertz CT molecular complexity index is 624. The molecule has 2 aromatic rings. The second kappa shape index (κ2) is 7.59. The summed E-state index contributed by atoms with van der Waals surface area (Å²) in [7, 11) is 1.68. The van der Waals surface area contributed by atoms with Crippen molar-refractivity contribution in [1.29, 1.82) is 0 Å². The number of amides is 1. The molecule has 0 aliphatic carbocycles. The van der Waals surface area contributed by atoms with Crippen molar-refractivity contribution in [3.05, 3.63) is 59.4 Å². The van der Waals surface area contributed by atoms with E-state index in [1.807, 2.05) is 0 Å². The Morgan fingerprint density at radius 1 is 1.23 bits per heavy atom. The number of pyridine rings is 1. The third kappa shape index (κ3) is 4.07. The molecule has 0 fully saturated rings. The number of hydrogen-bond acceptors (Lipinski definition) is 3. The fourth-order valence-corrected chi connectivity index (χ4v) is 2.24. The molecule has 2 rings (SSSR count). The lowest BCUT2D eigenvalue weighted by atomic mass is 10.00. The van der Waals surface area contributed by atoms with Crippen molar-refractivity contribution in [3.63, 3.8) is 0 Å². The zero-order valence-corrected chi connectivity index (χ0v) is 13.3. The van der Waals surface area contributed by atoms with E-state index in [0.717, 1.165) is 17.7 Å². The maximum Gasteiger partial charge on any atom is 0.251 e. The molecule has 1 amide bonds. The van der Waals surface area contributed by atoms with Crippen LogP contribution in [-0.2, 0) is 6.42 Å². The lowest BCUT2D eigenvalue weighted by Gasteiger charge is -2.13. The zero-order valence-electron chi connectivity index (χ0n) is 13.3. The molecule has 22 heavy (non-hydrogen) atoms. The van der Waals surface area contributed by atoms with Gasteiger partial charge >= 0.3 is 0 Å². The standard InChI is InChI=1S/C18H22N2O2/c1-13(2)16-5-4-14(17(12-16)22-3)8-11-20-18(21)15-6-9-19-10-7-15/h4-7,9-10,12-13H,8,11H2,1-3H3,(H,20,21). The topological polar surface area (TPSA) is 51.2 Å². The first-order chi connectivity index (χ1) is 10.6. The van der Waals surface area contributed by atoms with Gasteiger partial charge in [0.2, 0.25) is 0 Å². The van der Waals surface area contributed by atoms with Gasteiger partial charge in [0.25, 0.3) is 5.91 Å². The molecule has 1 N–H and O–H groups in total. The summed E-state index contributed by atoms with van der Waals surface area (Å²) in [6.45, 7) is 4.88. The Morgan fingerprint density at radius 3 is 2.59 bits per heavy atom. The van der Waals surface area contributed by atoms with Gasteiger partial charge in [0.05, 0.1) is 7.11 Å². The Balaban J connectivity index is 1.95. The molecule has 1 aromatic heterocycles. The van der Waals surface area contributed by atoms with E-state index in [-0.39, 0.29) is 5.91 Å². The third-order valence-corrected chi connectivity index (χ3v) is 3.60. The smallest absolute Gasteiger partial charge is 0.251 e. The number of ether oxygens (including phenoxy) is 1. The molecule has 4 nitrogen and oxygen atoms in total. The number of benzene rings is 1. The first kappa shape index (κ1) is 16.0. The van der Waals surface area contributed by atoms with Crippen molar-refractivity contribution in [2.75, 3.05) is 13.7 Å². The molecular weight excluding hydrogens is 276 g/mol. The lowest BCUT2D eigenvalue weighted by Crippen LogP contribution is -2.25. The third-order valence-electron chi connectivity index (χ3n) is 3.60. The van der Waals surface area contributed by atoms with Crippen molar-refractivity contribution < 1.29 is 9.53 Å². The van der Waals surface area contributed by atoms with Gasteiger partial charge in [0.1, 0.15) is 5.75 Å². The minimum atomic E-state index is -0.0832. The summed E-state index contributed by atoms with van der Waals surface area (Å²) in [4.78, 5) is 15.9.